The predicted molar refractivity (Wildman–Crippen MR) is 81.4 cm³/mol. The summed E-state index contributed by atoms with van der Waals surface area (Å²) in [4.78, 5) is 19.2. The van der Waals surface area contributed by atoms with Crippen LogP contribution in [0.5, 0.6) is 0 Å². The van der Waals surface area contributed by atoms with E-state index in [0.717, 1.165) is 4.88 Å². The average Bonchev–Trinajstić information content (AvgIpc) is 2.82. The number of hydrogen-bond acceptors (Lipinski definition) is 6. The Morgan fingerprint density at radius 1 is 1.48 bits per heavy atom. The SMILES string of the molecule is CNC(=O)[C@@H]1CN(Cc2cncs2)CCN(S(C)(=O)=O)C1. The molecule has 1 amide bonds. The van der Waals surface area contributed by atoms with Crippen molar-refractivity contribution in [2.45, 2.75) is 6.54 Å². The summed E-state index contributed by atoms with van der Waals surface area (Å²) in [7, 11) is -1.72. The van der Waals surface area contributed by atoms with Crippen LogP contribution in [0.2, 0.25) is 0 Å². The summed E-state index contributed by atoms with van der Waals surface area (Å²) < 4.78 is 25.0. The number of rotatable bonds is 4. The summed E-state index contributed by atoms with van der Waals surface area (Å²) >= 11 is 1.56. The average molecular weight is 332 g/mol. The van der Waals surface area contributed by atoms with Crippen molar-refractivity contribution in [3.8, 4) is 0 Å². The fourth-order valence-corrected chi connectivity index (χ4v) is 3.91. The first-order chi connectivity index (χ1) is 9.90. The Balaban J connectivity index is 2.13. The number of hydrogen-bond donors (Lipinski definition) is 1. The summed E-state index contributed by atoms with van der Waals surface area (Å²) in [6.07, 6.45) is 2.99. The third-order valence-electron chi connectivity index (χ3n) is 3.52. The van der Waals surface area contributed by atoms with Gasteiger partial charge in [0.15, 0.2) is 0 Å². The summed E-state index contributed by atoms with van der Waals surface area (Å²) in [6.45, 7) is 2.49. The maximum Gasteiger partial charge on any atom is 0.225 e. The van der Waals surface area contributed by atoms with E-state index < -0.39 is 10.0 Å². The first-order valence-electron chi connectivity index (χ1n) is 6.66. The van der Waals surface area contributed by atoms with Gasteiger partial charge in [-0.25, -0.2) is 12.7 Å². The van der Waals surface area contributed by atoms with Gasteiger partial charge in [0.2, 0.25) is 15.9 Å². The zero-order valence-electron chi connectivity index (χ0n) is 12.2. The van der Waals surface area contributed by atoms with Gasteiger partial charge in [-0.3, -0.25) is 14.7 Å². The van der Waals surface area contributed by atoms with Crippen LogP contribution in [-0.4, -0.2) is 68.0 Å². The number of nitrogens with zero attached hydrogens (tertiary/aromatic N) is 3. The Morgan fingerprint density at radius 2 is 2.24 bits per heavy atom. The quantitative estimate of drug-likeness (QED) is 0.810. The largest absolute Gasteiger partial charge is 0.359 e. The van der Waals surface area contributed by atoms with Crippen molar-refractivity contribution in [1.29, 1.82) is 0 Å². The minimum Gasteiger partial charge on any atom is -0.359 e. The third-order valence-corrected chi connectivity index (χ3v) is 5.55. The predicted octanol–water partition coefficient (Wildman–Crippen LogP) is -0.417. The van der Waals surface area contributed by atoms with Gasteiger partial charge in [0.1, 0.15) is 0 Å². The van der Waals surface area contributed by atoms with Gasteiger partial charge in [-0.1, -0.05) is 0 Å². The molecular weight excluding hydrogens is 312 g/mol. The minimum absolute atomic E-state index is 0.125. The molecule has 0 unspecified atom stereocenters. The summed E-state index contributed by atoms with van der Waals surface area (Å²) in [5.41, 5.74) is 1.77. The van der Waals surface area contributed by atoms with E-state index in [2.05, 4.69) is 15.2 Å². The normalized spacial score (nSPS) is 21.9. The second-order valence-electron chi connectivity index (χ2n) is 5.14. The van der Waals surface area contributed by atoms with E-state index in [9.17, 15) is 13.2 Å². The first kappa shape index (κ1) is 16.3. The molecule has 1 aromatic rings. The molecule has 1 aliphatic rings. The molecule has 1 fully saturated rings. The van der Waals surface area contributed by atoms with Crippen LogP contribution >= 0.6 is 11.3 Å². The number of nitrogens with one attached hydrogen (secondary N) is 1. The lowest BCUT2D eigenvalue weighted by molar-refractivity contribution is -0.125. The van der Waals surface area contributed by atoms with Crippen LogP contribution in [0.4, 0.5) is 0 Å². The molecule has 7 nitrogen and oxygen atoms in total. The zero-order valence-corrected chi connectivity index (χ0v) is 13.8. The number of aromatic nitrogens is 1. The highest BCUT2D eigenvalue weighted by molar-refractivity contribution is 7.88. The Labute approximate surface area is 129 Å². The molecule has 1 atom stereocenters. The van der Waals surface area contributed by atoms with Gasteiger partial charge in [-0.2, -0.15) is 0 Å². The van der Waals surface area contributed by atoms with E-state index in [4.69, 9.17) is 0 Å². The van der Waals surface area contributed by atoms with Crippen molar-refractivity contribution in [1.82, 2.24) is 19.5 Å². The van der Waals surface area contributed by atoms with Crippen LogP contribution in [0.25, 0.3) is 0 Å². The van der Waals surface area contributed by atoms with Gasteiger partial charge >= 0.3 is 0 Å². The van der Waals surface area contributed by atoms with Gasteiger partial charge in [-0.05, 0) is 0 Å². The lowest BCUT2D eigenvalue weighted by Crippen LogP contribution is -2.41. The molecule has 0 aromatic carbocycles. The van der Waals surface area contributed by atoms with Crippen molar-refractivity contribution in [2.75, 3.05) is 39.5 Å². The van der Waals surface area contributed by atoms with Gasteiger partial charge in [0.05, 0.1) is 17.7 Å². The van der Waals surface area contributed by atoms with Gasteiger partial charge in [0, 0.05) is 50.8 Å². The van der Waals surface area contributed by atoms with Crippen molar-refractivity contribution in [3.05, 3.63) is 16.6 Å². The van der Waals surface area contributed by atoms with E-state index in [-0.39, 0.29) is 18.4 Å². The van der Waals surface area contributed by atoms with E-state index in [1.807, 2.05) is 0 Å². The van der Waals surface area contributed by atoms with Crippen molar-refractivity contribution < 1.29 is 13.2 Å². The molecule has 0 spiro atoms. The molecule has 1 N–H and O–H groups in total. The third kappa shape index (κ3) is 4.47. The minimum atomic E-state index is -3.29. The van der Waals surface area contributed by atoms with Crippen molar-refractivity contribution in [2.24, 2.45) is 5.92 Å². The van der Waals surface area contributed by atoms with Crippen LogP contribution in [0.3, 0.4) is 0 Å². The summed E-state index contributed by atoms with van der Waals surface area (Å²) in [6, 6.07) is 0. The Hall–Kier alpha value is -1.03. The smallest absolute Gasteiger partial charge is 0.225 e. The summed E-state index contributed by atoms with van der Waals surface area (Å²) in [5, 5.41) is 2.62. The molecule has 1 saturated heterocycles. The molecule has 21 heavy (non-hydrogen) atoms. The summed E-state index contributed by atoms with van der Waals surface area (Å²) in [5.74, 6) is -0.486. The van der Waals surface area contributed by atoms with Crippen LogP contribution in [-0.2, 0) is 21.4 Å². The van der Waals surface area contributed by atoms with Crippen LogP contribution in [0, 0.1) is 5.92 Å². The Bertz CT molecular complexity index is 573. The van der Waals surface area contributed by atoms with Crippen LogP contribution in [0.15, 0.2) is 11.7 Å². The highest BCUT2D eigenvalue weighted by Gasteiger charge is 2.31. The number of carbonyl (C=O) groups excluding carboxylic acids is 1. The van der Waals surface area contributed by atoms with E-state index >= 15 is 0 Å². The van der Waals surface area contributed by atoms with Crippen molar-refractivity contribution in [3.63, 3.8) is 0 Å². The standard InChI is InChI=1S/C12H20N4O3S2/c1-13-12(17)10-6-15(8-11-5-14-9-20-11)3-4-16(7-10)21(2,18)19/h5,9-10H,3-4,6-8H2,1-2H3,(H,13,17)/t10-/m1/s1. The van der Waals surface area contributed by atoms with Crippen LogP contribution < -0.4 is 5.32 Å². The van der Waals surface area contributed by atoms with Crippen molar-refractivity contribution >= 4 is 27.3 Å². The Kier molecular flexibility index (Phi) is 5.31. The van der Waals surface area contributed by atoms with Crippen LogP contribution in [0.1, 0.15) is 4.88 Å². The molecule has 0 radical (unpaired) electrons. The second kappa shape index (κ2) is 6.82. The topological polar surface area (TPSA) is 82.6 Å². The number of amides is 1. The number of thiazole rings is 1. The highest BCUT2D eigenvalue weighted by Crippen LogP contribution is 2.16. The number of carbonyl (C=O) groups is 1. The molecule has 0 bridgehead atoms. The Morgan fingerprint density at radius 3 is 2.81 bits per heavy atom. The van der Waals surface area contributed by atoms with E-state index in [0.29, 0.717) is 26.2 Å². The maximum atomic E-state index is 12.0. The molecule has 0 aliphatic carbocycles. The number of sulfonamides is 1. The maximum absolute atomic E-state index is 12.0. The first-order valence-corrected chi connectivity index (χ1v) is 9.39. The zero-order chi connectivity index (χ0) is 15.5. The molecular formula is C12H20N4O3S2. The van der Waals surface area contributed by atoms with Gasteiger partial charge in [-0.15, -0.1) is 11.3 Å². The molecule has 2 heterocycles. The molecule has 9 heteroatoms. The molecule has 118 valence electrons. The molecule has 1 aromatic heterocycles. The lowest BCUT2D eigenvalue weighted by atomic mass is 10.1. The van der Waals surface area contributed by atoms with E-state index in [1.165, 1.54) is 10.6 Å². The fraction of sp³-hybridized carbons (Fsp3) is 0.667. The molecule has 0 saturated carbocycles. The highest BCUT2D eigenvalue weighted by atomic mass is 32.2. The van der Waals surface area contributed by atoms with Gasteiger partial charge in [0.25, 0.3) is 0 Å². The molecule has 2 rings (SSSR count). The molecule has 1 aliphatic heterocycles. The second-order valence-corrected chi connectivity index (χ2v) is 8.09. The van der Waals surface area contributed by atoms with Gasteiger partial charge < -0.3 is 5.32 Å². The fourth-order valence-electron chi connectivity index (χ4n) is 2.41. The van der Waals surface area contributed by atoms with E-state index in [1.54, 1.807) is 30.1 Å². The lowest BCUT2D eigenvalue weighted by Gasteiger charge is -2.22. The monoisotopic (exact) mass is 332 g/mol.